The van der Waals surface area contributed by atoms with E-state index in [1.807, 2.05) is 30.3 Å². The van der Waals surface area contributed by atoms with Gasteiger partial charge < -0.3 is 9.67 Å². The third-order valence-corrected chi connectivity index (χ3v) is 4.70. The number of hydrogen-bond donors (Lipinski definition) is 1. The first-order valence-electron chi connectivity index (χ1n) is 7.76. The van der Waals surface area contributed by atoms with Crippen LogP contribution in [0.2, 0.25) is 0 Å². The fraction of sp³-hybridized carbons (Fsp3) is 0.150. The molecule has 114 valence electrons. The number of carbonyl (C=O) groups is 1. The topological polar surface area (TPSA) is 42.2 Å². The smallest absolute Gasteiger partial charge is 0.328 e. The predicted molar refractivity (Wildman–Crippen MR) is 91.5 cm³/mol. The number of aryl methyl sites for hydroxylation is 2. The Morgan fingerprint density at radius 3 is 2.65 bits per heavy atom. The van der Waals surface area contributed by atoms with Crippen LogP contribution in [-0.2, 0) is 24.7 Å². The van der Waals surface area contributed by atoms with E-state index in [9.17, 15) is 9.90 Å². The van der Waals surface area contributed by atoms with Gasteiger partial charge in [0, 0.05) is 35.3 Å². The minimum absolute atomic E-state index is 0.817. The Hall–Kier alpha value is -2.81. The summed E-state index contributed by atoms with van der Waals surface area (Å²) in [7, 11) is 2.07. The second-order valence-electron chi connectivity index (χ2n) is 5.95. The molecule has 0 bridgehead atoms. The molecule has 4 rings (SSSR count). The maximum absolute atomic E-state index is 11.5. The Morgan fingerprint density at radius 1 is 1.09 bits per heavy atom. The van der Waals surface area contributed by atoms with Crippen molar-refractivity contribution in [3.8, 4) is 0 Å². The lowest BCUT2D eigenvalue weighted by atomic mass is 9.94. The van der Waals surface area contributed by atoms with Crippen LogP contribution >= 0.6 is 0 Å². The Balaban J connectivity index is 2.13. The highest BCUT2D eigenvalue weighted by Gasteiger charge is 2.24. The van der Waals surface area contributed by atoms with Gasteiger partial charge in [-0.3, -0.25) is 0 Å². The molecule has 0 unspecified atom stereocenters. The van der Waals surface area contributed by atoms with Gasteiger partial charge in [0.25, 0.3) is 0 Å². The molecular weight excluding hydrogens is 286 g/mol. The van der Waals surface area contributed by atoms with Crippen molar-refractivity contribution >= 4 is 22.4 Å². The molecule has 0 atom stereocenters. The fourth-order valence-corrected chi connectivity index (χ4v) is 3.70. The number of aliphatic carboxylic acids is 1. The fourth-order valence-electron chi connectivity index (χ4n) is 3.70. The van der Waals surface area contributed by atoms with E-state index in [4.69, 9.17) is 0 Å². The minimum Gasteiger partial charge on any atom is -0.478 e. The predicted octanol–water partition coefficient (Wildman–Crippen LogP) is 3.79. The monoisotopic (exact) mass is 303 g/mol. The van der Waals surface area contributed by atoms with Gasteiger partial charge in [0.1, 0.15) is 0 Å². The number of rotatable bonds is 1. The molecule has 3 nitrogen and oxygen atoms in total. The minimum atomic E-state index is -0.907. The number of carboxylic acid groups (broad SMARTS) is 1. The number of fused-ring (bicyclic) bond motifs is 4. The molecule has 23 heavy (non-hydrogen) atoms. The molecule has 1 aliphatic carbocycles. The zero-order chi connectivity index (χ0) is 16.0. The molecule has 1 aromatic heterocycles. The zero-order valence-corrected chi connectivity index (χ0v) is 12.9. The molecule has 2 aromatic carbocycles. The third-order valence-electron chi connectivity index (χ3n) is 4.70. The highest BCUT2D eigenvalue weighted by atomic mass is 16.4. The summed E-state index contributed by atoms with van der Waals surface area (Å²) in [6.07, 6.45) is 3.19. The van der Waals surface area contributed by atoms with Gasteiger partial charge in [-0.2, -0.15) is 0 Å². The average Bonchev–Trinajstić information content (AvgIpc) is 2.73. The van der Waals surface area contributed by atoms with Gasteiger partial charge in [-0.05, 0) is 35.6 Å². The van der Waals surface area contributed by atoms with E-state index in [1.54, 1.807) is 0 Å². The highest BCUT2D eigenvalue weighted by Crippen LogP contribution is 2.39. The SMILES string of the molecule is Cn1c2c(c3ccccc31)/C(=C/C(=O)O)c1ccccc1CC2. The van der Waals surface area contributed by atoms with Gasteiger partial charge in [0.15, 0.2) is 0 Å². The second-order valence-corrected chi connectivity index (χ2v) is 5.95. The van der Waals surface area contributed by atoms with Crippen LogP contribution in [-0.4, -0.2) is 15.6 Å². The van der Waals surface area contributed by atoms with Crippen molar-refractivity contribution in [3.63, 3.8) is 0 Å². The average molecular weight is 303 g/mol. The molecule has 0 amide bonds. The largest absolute Gasteiger partial charge is 0.478 e. The van der Waals surface area contributed by atoms with E-state index >= 15 is 0 Å². The maximum atomic E-state index is 11.5. The summed E-state index contributed by atoms with van der Waals surface area (Å²) in [4.78, 5) is 11.5. The van der Waals surface area contributed by atoms with E-state index in [0.29, 0.717) is 0 Å². The number of nitrogens with zero attached hydrogens (tertiary/aromatic N) is 1. The summed E-state index contributed by atoms with van der Waals surface area (Å²) in [6, 6.07) is 16.3. The van der Waals surface area contributed by atoms with Crippen LogP contribution in [0.1, 0.15) is 22.4 Å². The van der Waals surface area contributed by atoms with E-state index in [1.165, 1.54) is 17.3 Å². The molecule has 0 aliphatic heterocycles. The lowest BCUT2D eigenvalue weighted by molar-refractivity contribution is -0.131. The van der Waals surface area contributed by atoms with Gasteiger partial charge in [0.05, 0.1) is 0 Å². The first kappa shape index (κ1) is 13.8. The summed E-state index contributed by atoms with van der Waals surface area (Å²) in [5, 5.41) is 10.5. The molecule has 0 saturated heterocycles. The van der Waals surface area contributed by atoms with Crippen LogP contribution in [0, 0.1) is 0 Å². The summed E-state index contributed by atoms with van der Waals surface area (Å²) in [5.41, 5.74) is 6.47. The quantitative estimate of drug-likeness (QED) is 0.695. The van der Waals surface area contributed by atoms with Crippen molar-refractivity contribution < 1.29 is 9.90 Å². The van der Waals surface area contributed by atoms with Gasteiger partial charge >= 0.3 is 5.97 Å². The van der Waals surface area contributed by atoms with Crippen molar-refractivity contribution in [2.45, 2.75) is 12.8 Å². The molecule has 3 aromatic rings. The number of benzene rings is 2. The van der Waals surface area contributed by atoms with Crippen LogP contribution in [0.5, 0.6) is 0 Å². The van der Waals surface area contributed by atoms with Crippen LogP contribution in [0.25, 0.3) is 16.5 Å². The van der Waals surface area contributed by atoms with Crippen molar-refractivity contribution in [1.29, 1.82) is 0 Å². The molecule has 1 aliphatic rings. The van der Waals surface area contributed by atoms with E-state index in [0.717, 1.165) is 40.4 Å². The molecule has 0 saturated carbocycles. The van der Waals surface area contributed by atoms with Gasteiger partial charge in [-0.1, -0.05) is 42.5 Å². The lowest BCUT2D eigenvalue weighted by Gasteiger charge is -2.09. The highest BCUT2D eigenvalue weighted by molar-refractivity contribution is 6.04. The Labute approximate surface area is 134 Å². The van der Waals surface area contributed by atoms with Crippen LogP contribution in [0.3, 0.4) is 0 Å². The third kappa shape index (κ3) is 2.08. The molecule has 1 heterocycles. The maximum Gasteiger partial charge on any atom is 0.328 e. The Kier molecular flexibility index (Phi) is 3.08. The summed E-state index contributed by atoms with van der Waals surface area (Å²) in [6.45, 7) is 0. The van der Waals surface area contributed by atoms with Crippen LogP contribution in [0.15, 0.2) is 54.6 Å². The van der Waals surface area contributed by atoms with Crippen LogP contribution < -0.4 is 0 Å². The van der Waals surface area contributed by atoms with Crippen molar-refractivity contribution in [3.05, 3.63) is 77.0 Å². The van der Waals surface area contributed by atoms with E-state index < -0.39 is 5.97 Å². The standard InChI is InChI=1S/C20H17NO2/c1-21-17-9-5-4-8-15(17)20-16(12-19(22)23)14-7-3-2-6-13(14)10-11-18(20)21/h2-9,12H,10-11H2,1H3,(H,22,23)/b16-12+. The first-order valence-corrected chi connectivity index (χ1v) is 7.76. The Bertz CT molecular complexity index is 963. The molecule has 3 heteroatoms. The molecular formula is C20H17NO2. The molecule has 0 fully saturated rings. The van der Waals surface area contributed by atoms with Gasteiger partial charge in [-0.15, -0.1) is 0 Å². The zero-order valence-electron chi connectivity index (χ0n) is 12.9. The van der Waals surface area contributed by atoms with E-state index in [2.05, 4.69) is 29.8 Å². The molecule has 0 radical (unpaired) electrons. The molecule has 0 spiro atoms. The number of hydrogen-bond acceptors (Lipinski definition) is 1. The van der Waals surface area contributed by atoms with E-state index in [-0.39, 0.29) is 0 Å². The Morgan fingerprint density at radius 2 is 1.83 bits per heavy atom. The van der Waals surface area contributed by atoms with Crippen molar-refractivity contribution in [2.75, 3.05) is 0 Å². The van der Waals surface area contributed by atoms with Crippen molar-refractivity contribution in [1.82, 2.24) is 4.57 Å². The first-order chi connectivity index (χ1) is 11.2. The lowest BCUT2D eigenvalue weighted by Crippen LogP contribution is -1.99. The summed E-state index contributed by atoms with van der Waals surface area (Å²) >= 11 is 0. The normalized spacial score (nSPS) is 15.3. The van der Waals surface area contributed by atoms with Gasteiger partial charge in [0.2, 0.25) is 0 Å². The second kappa shape index (κ2) is 5.13. The summed E-state index contributed by atoms with van der Waals surface area (Å²) < 4.78 is 2.20. The number of carboxylic acids is 1. The molecule has 1 N–H and O–H groups in total. The number of para-hydroxylation sites is 1. The van der Waals surface area contributed by atoms with Crippen molar-refractivity contribution in [2.24, 2.45) is 7.05 Å². The van der Waals surface area contributed by atoms with Crippen LogP contribution in [0.4, 0.5) is 0 Å². The summed E-state index contributed by atoms with van der Waals surface area (Å²) in [5.74, 6) is -0.907. The number of aromatic nitrogens is 1. The van der Waals surface area contributed by atoms with Gasteiger partial charge in [-0.25, -0.2) is 4.79 Å².